The number of pyridine rings is 1. The van der Waals surface area contributed by atoms with E-state index in [0.717, 1.165) is 5.56 Å². The van der Waals surface area contributed by atoms with Gasteiger partial charge in [-0.15, -0.1) is 0 Å². The van der Waals surface area contributed by atoms with Crippen LogP contribution in [0.25, 0.3) is 0 Å². The molecule has 0 spiro atoms. The Morgan fingerprint density at radius 3 is 2.71 bits per heavy atom. The van der Waals surface area contributed by atoms with Crippen LogP contribution in [0, 0.1) is 12.8 Å². The van der Waals surface area contributed by atoms with Crippen LogP contribution in [-0.4, -0.2) is 82.0 Å². The molecule has 192 valence electrons. The molecule has 5 N–H and O–H groups in total. The van der Waals surface area contributed by atoms with Gasteiger partial charge in [-0.1, -0.05) is 11.6 Å². The largest absolute Gasteiger partial charge is 0.483 e. The summed E-state index contributed by atoms with van der Waals surface area (Å²) in [6.45, 7) is 4.95. The van der Waals surface area contributed by atoms with E-state index in [9.17, 15) is 15.3 Å². The third-order valence-corrected chi connectivity index (χ3v) is 6.61. The van der Waals surface area contributed by atoms with Gasteiger partial charge in [-0.25, -0.2) is 9.97 Å². The van der Waals surface area contributed by atoms with Crippen LogP contribution < -0.4 is 20.1 Å². The number of nitrogens with one attached hydrogen (secondary N) is 2. The lowest BCUT2D eigenvalue weighted by Crippen LogP contribution is -2.36. The maximum Gasteiger partial charge on any atom is 0.226 e. The summed E-state index contributed by atoms with van der Waals surface area (Å²) in [7, 11) is 1.60. The molecule has 2 aromatic rings. The zero-order valence-corrected chi connectivity index (χ0v) is 20.7. The number of aliphatic hydroxyl groups is 3. The molecule has 3 heterocycles. The van der Waals surface area contributed by atoms with E-state index in [2.05, 4.69) is 25.6 Å². The molecular weight excluding hydrogens is 478 g/mol. The normalized spacial score (nSPS) is 25.3. The summed E-state index contributed by atoms with van der Waals surface area (Å²) in [5, 5.41) is 36.9. The van der Waals surface area contributed by atoms with E-state index in [1.54, 1.807) is 7.11 Å². The number of aliphatic hydroxyl groups excluding tert-OH is 3. The highest BCUT2D eigenvalue weighted by Crippen LogP contribution is 2.44. The first-order valence-corrected chi connectivity index (χ1v) is 12.1. The molecule has 0 saturated heterocycles. The van der Waals surface area contributed by atoms with Crippen molar-refractivity contribution in [3.8, 4) is 11.6 Å². The minimum Gasteiger partial charge on any atom is -0.483 e. The molecule has 1 fully saturated rings. The van der Waals surface area contributed by atoms with Crippen molar-refractivity contribution >= 4 is 23.4 Å². The number of aromatic nitrogens is 3. The van der Waals surface area contributed by atoms with Gasteiger partial charge < -0.3 is 40.2 Å². The Bertz CT molecular complexity index is 1040. The Hall–Kier alpha value is -2.44. The summed E-state index contributed by atoms with van der Waals surface area (Å²) >= 11 is 6.66. The van der Waals surface area contributed by atoms with Gasteiger partial charge in [0.15, 0.2) is 0 Å². The molecule has 0 amide bonds. The van der Waals surface area contributed by atoms with Gasteiger partial charge in [0.2, 0.25) is 11.8 Å². The van der Waals surface area contributed by atoms with Crippen molar-refractivity contribution in [3.63, 3.8) is 0 Å². The van der Waals surface area contributed by atoms with Gasteiger partial charge in [0, 0.05) is 44.2 Å². The fourth-order valence-corrected chi connectivity index (χ4v) is 4.87. The first-order valence-electron chi connectivity index (χ1n) is 11.7. The molecule has 0 bridgehead atoms. The summed E-state index contributed by atoms with van der Waals surface area (Å²) in [4.78, 5) is 13.5. The number of hydrogen-bond donors (Lipinski definition) is 5. The monoisotopic (exact) mass is 509 g/mol. The van der Waals surface area contributed by atoms with Gasteiger partial charge >= 0.3 is 0 Å². The molecular formula is C23H32ClN5O6. The number of fused-ring (bicyclic) bond motifs is 1. The van der Waals surface area contributed by atoms with Crippen LogP contribution >= 0.6 is 11.6 Å². The van der Waals surface area contributed by atoms with Gasteiger partial charge in [0.05, 0.1) is 36.6 Å². The van der Waals surface area contributed by atoms with Gasteiger partial charge in [-0.2, -0.15) is 4.98 Å². The number of hydrogen-bond acceptors (Lipinski definition) is 11. The molecule has 5 atom stereocenters. The third kappa shape index (κ3) is 5.39. The average molecular weight is 510 g/mol. The molecule has 11 nitrogen and oxygen atoms in total. The molecule has 35 heavy (non-hydrogen) atoms. The second kappa shape index (κ2) is 11.1. The van der Waals surface area contributed by atoms with Crippen LogP contribution in [0.15, 0.2) is 6.07 Å². The molecule has 0 radical (unpaired) electrons. The maximum absolute atomic E-state index is 10.6. The predicted molar refractivity (Wildman–Crippen MR) is 129 cm³/mol. The number of ether oxygens (including phenoxy) is 3. The maximum atomic E-state index is 10.6. The SMILES string of the molecule is CCOc1cc2c(c(C)n1)OC(c1c(Cl)nc(NCCOC)nc1N[C@@H]1C[C@H](CO)[C@@H](O)[C@H]1O)C2. The number of halogens is 1. The van der Waals surface area contributed by atoms with Crippen LogP contribution in [-0.2, 0) is 11.2 Å². The highest BCUT2D eigenvalue weighted by molar-refractivity contribution is 6.30. The van der Waals surface area contributed by atoms with E-state index in [-0.39, 0.29) is 17.7 Å². The molecule has 12 heteroatoms. The van der Waals surface area contributed by atoms with Crippen molar-refractivity contribution in [1.82, 2.24) is 15.0 Å². The first kappa shape index (κ1) is 25.6. The van der Waals surface area contributed by atoms with Crippen molar-refractivity contribution in [2.24, 2.45) is 5.92 Å². The Morgan fingerprint density at radius 2 is 2.03 bits per heavy atom. The number of methoxy groups -OCH3 is 1. The average Bonchev–Trinajstić information content (AvgIpc) is 3.36. The minimum absolute atomic E-state index is 0.197. The van der Waals surface area contributed by atoms with E-state index in [1.807, 2.05) is 19.9 Å². The van der Waals surface area contributed by atoms with Gasteiger partial charge in [0.1, 0.15) is 28.9 Å². The summed E-state index contributed by atoms with van der Waals surface area (Å²) in [6.07, 6.45) is -1.76. The van der Waals surface area contributed by atoms with E-state index in [0.29, 0.717) is 61.3 Å². The fourth-order valence-electron chi connectivity index (χ4n) is 4.58. The van der Waals surface area contributed by atoms with E-state index in [4.69, 9.17) is 25.8 Å². The number of anilines is 2. The topological polar surface area (TPSA) is 151 Å². The predicted octanol–water partition coefficient (Wildman–Crippen LogP) is 1.48. The third-order valence-electron chi connectivity index (χ3n) is 6.32. The Kier molecular flexibility index (Phi) is 8.12. The summed E-state index contributed by atoms with van der Waals surface area (Å²) in [5.41, 5.74) is 2.18. The highest BCUT2D eigenvalue weighted by atomic mass is 35.5. The van der Waals surface area contributed by atoms with Crippen LogP contribution in [0.2, 0.25) is 5.15 Å². The van der Waals surface area contributed by atoms with Crippen molar-refractivity contribution in [2.75, 3.05) is 44.1 Å². The van der Waals surface area contributed by atoms with E-state index >= 15 is 0 Å². The lowest BCUT2D eigenvalue weighted by atomic mass is 10.0. The van der Waals surface area contributed by atoms with Gasteiger partial charge in [-0.3, -0.25) is 0 Å². The van der Waals surface area contributed by atoms with Crippen LogP contribution in [0.1, 0.15) is 36.3 Å². The lowest BCUT2D eigenvalue weighted by molar-refractivity contribution is 0.00444. The Morgan fingerprint density at radius 1 is 1.23 bits per heavy atom. The standard InChI is InChI=1S/C23H32ClN5O6/c1-4-34-16-9-12-8-15(35-20(12)11(2)26-16)17-21(24)28-23(25-5-6-33-3)29-22(17)27-14-7-13(10-30)18(31)19(14)32/h9,13-15,18-19,30-32H,4-8,10H2,1-3H3,(H2,25,27,28,29)/t13-,14-,15?,18-,19+/m1/s1. The first-order chi connectivity index (χ1) is 16.9. The van der Waals surface area contributed by atoms with E-state index < -0.39 is 30.3 Å². The molecule has 2 aliphatic rings. The second-order valence-corrected chi connectivity index (χ2v) is 9.07. The molecule has 0 aromatic carbocycles. The summed E-state index contributed by atoms with van der Waals surface area (Å²) in [5.74, 6) is 1.43. The quantitative estimate of drug-likeness (QED) is 0.234. The van der Waals surface area contributed by atoms with Crippen LogP contribution in [0.5, 0.6) is 11.6 Å². The number of rotatable bonds is 10. The van der Waals surface area contributed by atoms with Crippen molar-refractivity contribution in [3.05, 3.63) is 28.0 Å². The second-order valence-electron chi connectivity index (χ2n) is 8.71. The highest BCUT2D eigenvalue weighted by Gasteiger charge is 2.42. The lowest BCUT2D eigenvalue weighted by Gasteiger charge is -2.23. The zero-order chi connectivity index (χ0) is 25.1. The number of aryl methyl sites for hydroxylation is 1. The fraction of sp³-hybridized carbons (Fsp3) is 0.609. The molecule has 1 aliphatic heterocycles. The summed E-state index contributed by atoms with van der Waals surface area (Å²) < 4.78 is 16.9. The minimum atomic E-state index is -1.08. The molecule has 1 saturated carbocycles. The van der Waals surface area contributed by atoms with Gasteiger partial charge in [-0.05, 0) is 20.3 Å². The van der Waals surface area contributed by atoms with Gasteiger partial charge in [0.25, 0.3) is 0 Å². The van der Waals surface area contributed by atoms with Crippen molar-refractivity contribution in [1.29, 1.82) is 0 Å². The number of nitrogens with zero attached hydrogens (tertiary/aromatic N) is 3. The molecule has 1 aliphatic carbocycles. The molecule has 1 unspecified atom stereocenters. The van der Waals surface area contributed by atoms with E-state index in [1.165, 1.54) is 0 Å². The Labute approximate surface area is 208 Å². The van der Waals surface area contributed by atoms with Crippen molar-refractivity contribution < 1.29 is 29.5 Å². The Balaban J connectivity index is 1.66. The molecule has 4 rings (SSSR count). The van der Waals surface area contributed by atoms with Crippen LogP contribution in [0.3, 0.4) is 0 Å². The zero-order valence-electron chi connectivity index (χ0n) is 20.0. The molecule has 2 aromatic heterocycles. The van der Waals surface area contributed by atoms with Crippen molar-refractivity contribution in [2.45, 2.75) is 51.0 Å². The smallest absolute Gasteiger partial charge is 0.226 e. The summed E-state index contributed by atoms with van der Waals surface area (Å²) in [6, 6.07) is 1.31. The van der Waals surface area contributed by atoms with Crippen LogP contribution in [0.4, 0.5) is 11.8 Å².